The first-order chi connectivity index (χ1) is 9.18. The number of para-hydroxylation sites is 1. The maximum absolute atomic E-state index is 10.6. The number of rotatable bonds is 2. The van der Waals surface area contributed by atoms with Crippen LogP contribution in [-0.4, -0.2) is 10.1 Å². The van der Waals surface area contributed by atoms with Crippen molar-refractivity contribution in [1.29, 1.82) is 0 Å². The third-order valence-electron chi connectivity index (χ3n) is 3.76. The maximum atomic E-state index is 10.6. The number of aryl methyl sites for hydroxylation is 2. The fraction of sp³-hybridized carbons (Fsp3) is 0.176. The summed E-state index contributed by atoms with van der Waals surface area (Å²) in [7, 11) is 0. The predicted octanol–water partition coefficient (Wildman–Crippen LogP) is 3.87. The topological polar surface area (TPSA) is 36.0 Å². The molecular formula is C17H17NO. The molecule has 0 fully saturated rings. The van der Waals surface area contributed by atoms with Crippen molar-refractivity contribution in [3.63, 3.8) is 0 Å². The summed E-state index contributed by atoms with van der Waals surface area (Å²) in [4.78, 5) is 3.34. The van der Waals surface area contributed by atoms with Crippen molar-refractivity contribution in [2.45, 2.75) is 20.0 Å². The van der Waals surface area contributed by atoms with Gasteiger partial charge in [-0.15, -0.1) is 0 Å². The van der Waals surface area contributed by atoms with Gasteiger partial charge >= 0.3 is 0 Å². The van der Waals surface area contributed by atoms with Crippen LogP contribution in [0.25, 0.3) is 10.9 Å². The average Bonchev–Trinajstić information content (AvgIpc) is 2.77. The normalized spacial score (nSPS) is 12.8. The second-order valence-corrected chi connectivity index (χ2v) is 4.97. The molecule has 1 heterocycles. The van der Waals surface area contributed by atoms with E-state index in [1.54, 1.807) is 0 Å². The molecule has 1 unspecified atom stereocenters. The molecule has 19 heavy (non-hydrogen) atoms. The third kappa shape index (κ3) is 1.94. The van der Waals surface area contributed by atoms with Gasteiger partial charge in [0.05, 0.1) is 5.69 Å². The van der Waals surface area contributed by atoms with Crippen molar-refractivity contribution >= 4 is 10.9 Å². The fourth-order valence-electron chi connectivity index (χ4n) is 2.63. The molecule has 1 atom stereocenters. The maximum Gasteiger partial charge on any atom is 0.119 e. The van der Waals surface area contributed by atoms with Crippen LogP contribution in [0.3, 0.4) is 0 Å². The molecule has 0 saturated heterocycles. The van der Waals surface area contributed by atoms with E-state index >= 15 is 0 Å². The van der Waals surface area contributed by atoms with Gasteiger partial charge in [-0.05, 0) is 36.6 Å². The SMILES string of the molecule is Cc1ccccc1C(O)c1[nH]c2ccccc2c1C. The molecule has 2 N–H and O–H groups in total. The molecule has 3 aromatic rings. The van der Waals surface area contributed by atoms with Gasteiger partial charge < -0.3 is 10.1 Å². The Morgan fingerprint density at radius 3 is 2.37 bits per heavy atom. The number of hydrogen-bond acceptors (Lipinski definition) is 1. The van der Waals surface area contributed by atoms with Crippen LogP contribution in [0.5, 0.6) is 0 Å². The number of nitrogens with one attached hydrogen (secondary N) is 1. The first kappa shape index (κ1) is 12.0. The summed E-state index contributed by atoms with van der Waals surface area (Å²) < 4.78 is 0. The van der Waals surface area contributed by atoms with Gasteiger partial charge in [-0.25, -0.2) is 0 Å². The third-order valence-corrected chi connectivity index (χ3v) is 3.76. The van der Waals surface area contributed by atoms with E-state index in [9.17, 15) is 5.11 Å². The summed E-state index contributed by atoms with van der Waals surface area (Å²) in [6, 6.07) is 16.1. The summed E-state index contributed by atoms with van der Waals surface area (Å²) in [5.74, 6) is 0. The van der Waals surface area contributed by atoms with Crippen molar-refractivity contribution in [3.05, 3.63) is 70.9 Å². The van der Waals surface area contributed by atoms with Gasteiger partial charge in [0.25, 0.3) is 0 Å². The zero-order chi connectivity index (χ0) is 13.4. The fourth-order valence-corrected chi connectivity index (χ4v) is 2.63. The Hall–Kier alpha value is -2.06. The molecule has 2 heteroatoms. The van der Waals surface area contributed by atoms with Crippen molar-refractivity contribution < 1.29 is 5.11 Å². The smallest absolute Gasteiger partial charge is 0.119 e. The molecule has 0 saturated carbocycles. The Labute approximate surface area is 112 Å². The van der Waals surface area contributed by atoms with Gasteiger partial charge in [0.1, 0.15) is 6.10 Å². The molecule has 0 amide bonds. The Morgan fingerprint density at radius 1 is 0.947 bits per heavy atom. The molecule has 3 rings (SSSR count). The van der Waals surface area contributed by atoms with E-state index in [1.165, 1.54) is 5.39 Å². The van der Waals surface area contributed by atoms with Gasteiger partial charge in [0.2, 0.25) is 0 Å². The number of benzene rings is 2. The molecule has 0 aliphatic rings. The summed E-state index contributed by atoms with van der Waals surface area (Å²) >= 11 is 0. The second-order valence-electron chi connectivity index (χ2n) is 4.97. The van der Waals surface area contributed by atoms with Gasteiger partial charge in [-0.1, -0.05) is 42.5 Å². The quantitative estimate of drug-likeness (QED) is 0.712. The Balaban J connectivity index is 2.14. The molecule has 0 aliphatic carbocycles. The van der Waals surface area contributed by atoms with Crippen LogP contribution in [0.4, 0.5) is 0 Å². The number of fused-ring (bicyclic) bond motifs is 1. The van der Waals surface area contributed by atoms with E-state index in [2.05, 4.69) is 18.0 Å². The molecule has 0 radical (unpaired) electrons. The molecule has 0 spiro atoms. The van der Waals surface area contributed by atoms with Crippen LogP contribution in [0.2, 0.25) is 0 Å². The van der Waals surface area contributed by atoms with Gasteiger partial charge in [-0.3, -0.25) is 0 Å². The van der Waals surface area contributed by atoms with E-state index in [1.807, 2.05) is 49.4 Å². The van der Waals surface area contributed by atoms with E-state index in [4.69, 9.17) is 0 Å². The summed E-state index contributed by atoms with van der Waals surface area (Å²) in [6.07, 6.45) is -0.603. The largest absolute Gasteiger partial charge is 0.382 e. The van der Waals surface area contributed by atoms with Crippen LogP contribution < -0.4 is 0 Å². The standard InChI is InChI=1S/C17H17NO/c1-11-7-3-4-8-13(11)17(19)16-12(2)14-9-5-6-10-15(14)18-16/h3-10,17-19H,1-2H3. The predicted molar refractivity (Wildman–Crippen MR) is 78.3 cm³/mol. The molecule has 0 bridgehead atoms. The first-order valence-electron chi connectivity index (χ1n) is 6.49. The summed E-state index contributed by atoms with van der Waals surface area (Å²) in [6.45, 7) is 4.08. The Morgan fingerprint density at radius 2 is 1.63 bits per heavy atom. The minimum absolute atomic E-state index is 0.603. The minimum atomic E-state index is -0.603. The Bertz CT molecular complexity index is 727. The molecule has 96 valence electrons. The van der Waals surface area contributed by atoms with Crippen LogP contribution >= 0.6 is 0 Å². The minimum Gasteiger partial charge on any atom is -0.382 e. The van der Waals surface area contributed by atoms with Crippen LogP contribution in [0.1, 0.15) is 28.5 Å². The number of aromatic amines is 1. The zero-order valence-electron chi connectivity index (χ0n) is 11.1. The highest BCUT2D eigenvalue weighted by molar-refractivity contribution is 5.84. The monoisotopic (exact) mass is 251 g/mol. The highest BCUT2D eigenvalue weighted by atomic mass is 16.3. The molecule has 0 aliphatic heterocycles. The van der Waals surface area contributed by atoms with Crippen molar-refractivity contribution in [2.75, 3.05) is 0 Å². The van der Waals surface area contributed by atoms with Gasteiger partial charge in [-0.2, -0.15) is 0 Å². The lowest BCUT2D eigenvalue weighted by Crippen LogP contribution is -2.03. The number of aliphatic hydroxyl groups excluding tert-OH is 1. The van der Waals surface area contributed by atoms with Crippen molar-refractivity contribution in [2.24, 2.45) is 0 Å². The van der Waals surface area contributed by atoms with E-state index in [-0.39, 0.29) is 0 Å². The average molecular weight is 251 g/mol. The van der Waals surface area contributed by atoms with Crippen LogP contribution in [0, 0.1) is 13.8 Å². The number of hydrogen-bond donors (Lipinski definition) is 2. The molecule has 1 aromatic heterocycles. The molecule has 2 nitrogen and oxygen atoms in total. The number of aromatic nitrogens is 1. The van der Waals surface area contributed by atoms with Crippen molar-refractivity contribution in [1.82, 2.24) is 4.98 Å². The second kappa shape index (κ2) is 4.56. The Kier molecular flexibility index (Phi) is 2.88. The van der Waals surface area contributed by atoms with Crippen LogP contribution in [-0.2, 0) is 0 Å². The summed E-state index contributed by atoms with van der Waals surface area (Å²) in [5, 5.41) is 11.8. The van der Waals surface area contributed by atoms with Gasteiger partial charge in [0.15, 0.2) is 0 Å². The first-order valence-corrected chi connectivity index (χ1v) is 6.49. The number of H-pyrrole nitrogens is 1. The lowest BCUT2D eigenvalue weighted by molar-refractivity contribution is 0.215. The van der Waals surface area contributed by atoms with E-state index in [0.717, 1.165) is 27.9 Å². The number of aliphatic hydroxyl groups is 1. The highest BCUT2D eigenvalue weighted by Crippen LogP contribution is 2.30. The van der Waals surface area contributed by atoms with Crippen LogP contribution in [0.15, 0.2) is 48.5 Å². The van der Waals surface area contributed by atoms with E-state index in [0.29, 0.717) is 0 Å². The molecular weight excluding hydrogens is 234 g/mol. The lowest BCUT2D eigenvalue weighted by atomic mass is 9.99. The summed E-state index contributed by atoms with van der Waals surface area (Å²) in [5.41, 5.74) is 5.13. The highest BCUT2D eigenvalue weighted by Gasteiger charge is 2.18. The lowest BCUT2D eigenvalue weighted by Gasteiger charge is -2.13. The van der Waals surface area contributed by atoms with Gasteiger partial charge in [0, 0.05) is 10.9 Å². The molecule has 2 aromatic carbocycles. The van der Waals surface area contributed by atoms with E-state index < -0.39 is 6.10 Å². The zero-order valence-corrected chi connectivity index (χ0v) is 11.1. The van der Waals surface area contributed by atoms with Crippen molar-refractivity contribution in [3.8, 4) is 0 Å².